The van der Waals surface area contributed by atoms with Crippen molar-refractivity contribution in [1.82, 2.24) is 10.8 Å². The summed E-state index contributed by atoms with van der Waals surface area (Å²) in [6.07, 6.45) is 0.352. The smallest absolute Gasteiger partial charge is 0.333 e. The number of hydroxylamine groups is 1. The van der Waals surface area contributed by atoms with Gasteiger partial charge in [0, 0.05) is 77.9 Å². The van der Waals surface area contributed by atoms with Crippen LogP contribution >= 0.6 is 0 Å². The number of carbonyl (C=O) groups excluding carboxylic acids is 5. The van der Waals surface area contributed by atoms with Crippen LogP contribution < -0.4 is 10.8 Å². The lowest BCUT2D eigenvalue weighted by molar-refractivity contribution is -0.893. The highest BCUT2D eigenvalue weighted by Crippen LogP contribution is 2.07. The maximum absolute atomic E-state index is 11.2. The number of ether oxygens (including phenoxy) is 3. The lowest BCUT2D eigenvalue weighted by atomic mass is 10.3. The Morgan fingerprint density at radius 3 is 1.01 bits per heavy atom. The molecule has 2 atom stereocenters. The Morgan fingerprint density at radius 2 is 0.720 bits per heavy atom. The number of carbonyl (C=O) groups is 5. The summed E-state index contributed by atoms with van der Waals surface area (Å²) in [5.74, 6) is -4.66. The van der Waals surface area contributed by atoms with Gasteiger partial charge < -0.3 is 74.9 Å². The van der Waals surface area contributed by atoms with Gasteiger partial charge in [-0.15, -0.1) is 0 Å². The topological polar surface area (TPSA) is 473 Å². The number of rotatable bonds is 42. The van der Waals surface area contributed by atoms with Gasteiger partial charge in [0.1, 0.15) is 77.9 Å². The number of hydrogen-bond acceptors (Lipinski definition) is 26. The van der Waals surface area contributed by atoms with Crippen molar-refractivity contribution in [2.75, 3.05) is 198 Å². The minimum atomic E-state index is -4.45. The van der Waals surface area contributed by atoms with Gasteiger partial charge >= 0.3 is 17.9 Å². The minimum Gasteiger partial charge on any atom is -0.748 e. The summed E-state index contributed by atoms with van der Waals surface area (Å²) in [6.45, 7) is 29.3. The van der Waals surface area contributed by atoms with Gasteiger partial charge in [-0.25, -0.2) is 62.0 Å². The van der Waals surface area contributed by atoms with Crippen LogP contribution in [0.5, 0.6) is 0 Å². The van der Waals surface area contributed by atoms with Gasteiger partial charge in [-0.2, -0.15) is 0 Å². The molecule has 33 nitrogen and oxygen atoms in total. The third-order valence-electron chi connectivity index (χ3n) is 12.3. The van der Waals surface area contributed by atoms with Crippen molar-refractivity contribution < 1.29 is 141 Å². The van der Waals surface area contributed by atoms with Crippen LogP contribution in [0, 0.1) is 0 Å². The predicted molar refractivity (Wildman–Crippen MR) is 342 cm³/mol. The minimum absolute atomic E-state index is 0.0755. The molecule has 0 aliphatic heterocycles. The van der Waals surface area contributed by atoms with Crippen molar-refractivity contribution in [2.45, 2.75) is 65.6 Å². The monoisotopic (exact) mass is 1440 g/mol. The van der Waals surface area contributed by atoms with Crippen LogP contribution in [0.4, 0.5) is 0 Å². The van der Waals surface area contributed by atoms with Crippen LogP contribution in [-0.4, -0.2) is 337 Å². The first-order valence-corrected chi connectivity index (χ1v) is 36.6. The van der Waals surface area contributed by atoms with E-state index < -0.39 is 98.1 Å². The molecule has 0 aromatic carbocycles. The van der Waals surface area contributed by atoms with Crippen molar-refractivity contribution >= 4 is 80.3 Å². The predicted octanol–water partition coefficient (Wildman–Crippen LogP) is -2.39. The Kier molecular flexibility index (Phi) is 47.6. The summed E-state index contributed by atoms with van der Waals surface area (Å²) >= 11 is 0. The van der Waals surface area contributed by atoms with Gasteiger partial charge in [-0.1, -0.05) is 32.9 Å². The largest absolute Gasteiger partial charge is 0.748 e. The van der Waals surface area contributed by atoms with E-state index in [2.05, 4.69) is 43.7 Å². The van der Waals surface area contributed by atoms with Crippen LogP contribution in [0.15, 0.2) is 61.3 Å². The van der Waals surface area contributed by atoms with Crippen molar-refractivity contribution in [3.8, 4) is 0 Å². The normalized spacial score (nSPS) is 12.9. The van der Waals surface area contributed by atoms with Crippen LogP contribution in [0.1, 0.15) is 53.4 Å². The first kappa shape index (κ1) is 97.0. The Balaban J connectivity index is -0.000000347. The molecular weight excluding hydrogens is 1330 g/mol. The van der Waals surface area contributed by atoms with Crippen molar-refractivity contribution in [3.05, 3.63) is 61.3 Å². The molecule has 0 saturated heterocycles. The summed E-state index contributed by atoms with van der Waals surface area (Å²) in [7, 11) is -2.91. The fourth-order valence-corrected chi connectivity index (χ4v) is 9.67. The summed E-state index contributed by atoms with van der Waals surface area (Å²) < 4.78 is 174. The van der Waals surface area contributed by atoms with E-state index in [1.54, 1.807) is 49.0 Å². The summed E-state index contributed by atoms with van der Waals surface area (Å²) in [4.78, 5) is 60.3. The molecule has 38 heteroatoms. The average molecular weight is 1440 g/mol. The molecule has 548 valence electrons. The fraction of sp³-hybridized carbons (Fsp3) is 0.727. The Hall–Kier alpha value is -4.72. The SMILES string of the molecule is C=C(C)C(=O)NCCC[N+](C)(C)CCCS(=O)(=O)[O-].C=C(C)C(=O)NOCC[N+](C)(C)CC(O)CS(=O)(=O)[O-].C=C(C)C(=O)OCC[N+](C)(C)CC(O)CS(=O)(=O)[O-].C=C(C)C(=O)OCC[N+](C)(C)CCCS(=O)(=O)[O-].C=CC(=O)OCC[N+](C)(C)CCCS(=O)(=O)[O-]. The van der Waals surface area contributed by atoms with Gasteiger partial charge in [0.25, 0.3) is 5.91 Å². The zero-order valence-electron chi connectivity index (χ0n) is 56.7. The van der Waals surface area contributed by atoms with Gasteiger partial charge in [-0.3, -0.25) is 14.4 Å². The molecule has 0 radical (unpaired) electrons. The van der Waals surface area contributed by atoms with Gasteiger partial charge in [0.15, 0.2) is 0 Å². The maximum atomic E-state index is 11.2. The van der Waals surface area contributed by atoms with Crippen molar-refractivity contribution in [2.24, 2.45) is 0 Å². The van der Waals surface area contributed by atoms with E-state index in [1.165, 1.54) is 6.92 Å². The molecule has 0 fully saturated rings. The summed E-state index contributed by atoms with van der Waals surface area (Å²) in [5, 5.41) is 21.8. The Morgan fingerprint density at radius 1 is 0.430 bits per heavy atom. The van der Waals surface area contributed by atoms with E-state index >= 15 is 0 Å². The third-order valence-corrected chi connectivity index (χ3v) is 16.3. The first-order chi connectivity index (χ1) is 41.6. The number of aliphatic hydroxyl groups is 2. The highest BCUT2D eigenvalue weighted by molar-refractivity contribution is 7.86. The molecule has 0 aliphatic carbocycles. The fourth-order valence-electron chi connectivity index (χ4n) is 7.07. The average Bonchev–Trinajstić information content (AvgIpc) is 1.09. The lowest BCUT2D eigenvalue weighted by Crippen LogP contribution is -2.49. The van der Waals surface area contributed by atoms with E-state index in [4.69, 9.17) is 19.0 Å². The Labute approximate surface area is 553 Å². The molecule has 4 N–H and O–H groups in total. The van der Waals surface area contributed by atoms with Crippen molar-refractivity contribution in [1.29, 1.82) is 0 Å². The van der Waals surface area contributed by atoms with Gasteiger partial charge in [0.05, 0.1) is 159 Å². The van der Waals surface area contributed by atoms with Crippen LogP contribution in [0.25, 0.3) is 0 Å². The van der Waals surface area contributed by atoms with Crippen LogP contribution in [0.3, 0.4) is 0 Å². The number of nitrogens with one attached hydrogen (secondary N) is 2. The molecule has 0 aromatic heterocycles. The van der Waals surface area contributed by atoms with E-state index in [9.17, 15) is 99.0 Å². The number of aliphatic hydroxyl groups excluding tert-OH is 2. The highest BCUT2D eigenvalue weighted by Gasteiger charge is 2.25. The number of amides is 2. The zero-order chi connectivity index (χ0) is 74.3. The van der Waals surface area contributed by atoms with E-state index in [0.29, 0.717) is 107 Å². The number of esters is 3. The molecule has 2 unspecified atom stereocenters. The molecule has 0 aliphatic rings. The third kappa shape index (κ3) is 71.4. The van der Waals surface area contributed by atoms with E-state index in [-0.39, 0.29) is 71.6 Å². The highest BCUT2D eigenvalue weighted by atomic mass is 32.2. The molecule has 2 amide bonds. The Bertz CT molecular complexity index is 2970. The molecule has 0 bridgehead atoms. The summed E-state index contributed by atoms with van der Waals surface area (Å²) in [6, 6.07) is 0. The molecule has 93 heavy (non-hydrogen) atoms. The van der Waals surface area contributed by atoms with Crippen molar-refractivity contribution in [3.63, 3.8) is 0 Å². The molecule has 0 heterocycles. The number of hydrogen-bond donors (Lipinski definition) is 4. The molecule has 0 spiro atoms. The zero-order valence-corrected chi connectivity index (χ0v) is 60.8. The first-order valence-electron chi connectivity index (χ1n) is 28.7. The summed E-state index contributed by atoms with van der Waals surface area (Å²) in [5.41, 5.74) is 3.62. The second-order valence-electron chi connectivity index (χ2n) is 25.1. The van der Waals surface area contributed by atoms with Crippen LogP contribution in [-0.2, 0) is 93.6 Å². The van der Waals surface area contributed by atoms with Gasteiger partial charge in [-0.05, 0) is 27.7 Å². The van der Waals surface area contributed by atoms with Crippen LogP contribution in [0.2, 0.25) is 0 Å². The van der Waals surface area contributed by atoms with Gasteiger partial charge in [0.2, 0.25) is 5.91 Å². The van der Waals surface area contributed by atoms with E-state index in [1.807, 2.05) is 42.3 Å². The lowest BCUT2D eigenvalue weighted by Gasteiger charge is -2.31. The molecule has 0 aromatic rings. The molecule has 0 rings (SSSR count). The van der Waals surface area contributed by atoms with E-state index in [0.717, 1.165) is 19.0 Å². The second kappa shape index (κ2) is 45.7. The molecule has 0 saturated carbocycles. The maximum Gasteiger partial charge on any atom is 0.333 e. The number of nitrogens with zero attached hydrogens (tertiary/aromatic N) is 5. The standard InChI is InChI=1S/C12H24N2O4S.C11H22N2O6S.C11H21NO6S.C11H21NO5S.C10H19NO5S/c1-11(2)12(15)13-7-5-8-14(3,4)9-6-10-19(16,17)18;1-9(2)11(15)12-19-6-5-13(3,4)7-10(14)8-20(16,17)18;1-9(2)11(14)18-6-5-12(3,4)7-10(13)8-19(15,16)17;1-10(2)11(13)17-8-7-12(3,4)6-5-9-18(14,15)16;1-4-10(12)16-8-7-11(2,3)6-5-9-17(13,14)15/h1,5-10H2,2-4H3,(H-,13,15,16,17,18);10,14H,1,5-8H2,2-4H3,(H-,12,15,16,17,18);10,13H,1,5-8H2,2-4H3;1,5-9H2,2-4H3;4H,1,5-9H2,2-3H3. The second-order valence-corrected chi connectivity index (χ2v) is 32.6. The quantitative estimate of drug-likeness (QED) is 0.00942. The number of likely N-dealkylation sites (N-methyl/N-ethyl adjacent to an activating group) is 4. The molecular formula is C55H107N7O26S5. The number of quaternary nitrogens is 5.